The van der Waals surface area contributed by atoms with Gasteiger partial charge in [0.25, 0.3) is 5.91 Å². The summed E-state index contributed by atoms with van der Waals surface area (Å²) < 4.78 is 5.11. The maximum Gasteiger partial charge on any atom is 0.409 e. The molecule has 0 aliphatic carbocycles. The quantitative estimate of drug-likeness (QED) is 0.643. The van der Waals surface area contributed by atoms with E-state index in [4.69, 9.17) is 9.84 Å². The van der Waals surface area contributed by atoms with E-state index in [0.29, 0.717) is 39.2 Å². The summed E-state index contributed by atoms with van der Waals surface area (Å²) in [7, 11) is 0. The second-order valence-corrected chi connectivity index (χ2v) is 9.63. The van der Waals surface area contributed by atoms with Crippen LogP contribution in [-0.4, -0.2) is 71.9 Å². The van der Waals surface area contributed by atoms with Crippen molar-refractivity contribution in [3.05, 3.63) is 69.8 Å². The highest BCUT2D eigenvalue weighted by Gasteiger charge is 2.35. The van der Waals surface area contributed by atoms with Crippen molar-refractivity contribution in [3.8, 4) is 0 Å². The van der Waals surface area contributed by atoms with Crippen LogP contribution in [0.15, 0.2) is 41.5 Å². The van der Waals surface area contributed by atoms with Crippen LogP contribution in [0.25, 0.3) is 0 Å². The Kier molecular flexibility index (Phi) is 7.55. The largest absolute Gasteiger partial charge is 0.450 e. The molecule has 1 saturated heterocycles. The lowest BCUT2D eigenvalue weighted by atomic mass is 9.93. The molecule has 1 fully saturated rings. The van der Waals surface area contributed by atoms with Crippen LogP contribution in [0.2, 0.25) is 0 Å². The molecule has 0 saturated carbocycles. The summed E-state index contributed by atoms with van der Waals surface area (Å²) in [5, 5.41) is 6.58. The molecule has 0 N–H and O–H groups in total. The average Bonchev–Trinajstić information content (AvgIpc) is 3.28. The second kappa shape index (κ2) is 10.6. The fraction of sp³-hybridized carbons (Fsp3) is 0.464. The van der Waals surface area contributed by atoms with Crippen LogP contribution < -0.4 is 0 Å². The third-order valence-electron chi connectivity index (χ3n) is 7.06. The highest BCUT2D eigenvalue weighted by molar-refractivity contribution is 6.03. The van der Waals surface area contributed by atoms with Gasteiger partial charge in [0.2, 0.25) is 0 Å². The predicted octanol–water partition coefficient (Wildman–Crippen LogP) is 4.37. The van der Waals surface area contributed by atoms with Crippen LogP contribution in [0.5, 0.6) is 0 Å². The Hall–Kier alpha value is -3.19. The first-order chi connectivity index (χ1) is 16.8. The molecule has 7 heteroatoms. The fourth-order valence-electron chi connectivity index (χ4n) is 4.76. The van der Waals surface area contributed by atoms with Crippen molar-refractivity contribution >= 4 is 17.7 Å². The van der Waals surface area contributed by atoms with Gasteiger partial charge in [-0.05, 0) is 68.5 Å². The number of ether oxygens (including phenoxy) is 1. The van der Waals surface area contributed by atoms with Gasteiger partial charge in [-0.25, -0.2) is 9.80 Å². The van der Waals surface area contributed by atoms with E-state index in [0.717, 1.165) is 22.4 Å². The van der Waals surface area contributed by atoms with Gasteiger partial charge in [-0.15, -0.1) is 0 Å². The number of piperazine rings is 1. The molecule has 2 aliphatic rings. The van der Waals surface area contributed by atoms with Crippen molar-refractivity contribution in [1.82, 2.24) is 14.8 Å². The molecule has 186 valence electrons. The third-order valence-corrected chi connectivity index (χ3v) is 7.06. The van der Waals surface area contributed by atoms with Gasteiger partial charge in [-0.3, -0.25) is 9.69 Å². The van der Waals surface area contributed by atoms with E-state index in [1.165, 1.54) is 16.7 Å². The first-order valence-corrected chi connectivity index (χ1v) is 12.4. The van der Waals surface area contributed by atoms with Crippen molar-refractivity contribution < 1.29 is 14.3 Å². The summed E-state index contributed by atoms with van der Waals surface area (Å²) in [4.78, 5) is 29.4. The van der Waals surface area contributed by atoms with E-state index >= 15 is 0 Å². The molecule has 0 aromatic heterocycles. The summed E-state index contributed by atoms with van der Waals surface area (Å²) in [6.07, 6.45) is 0.408. The minimum atomic E-state index is -0.282. The molecule has 2 amide bonds. The lowest BCUT2D eigenvalue weighted by Gasteiger charge is -2.34. The fourth-order valence-corrected chi connectivity index (χ4v) is 4.76. The van der Waals surface area contributed by atoms with Crippen LogP contribution in [0, 0.1) is 27.7 Å². The second-order valence-electron chi connectivity index (χ2n) is 9.63. The number of hydrogen-bond donors (Lipinski definition) is 0. The van der Waals surface area contributed by atoms with Gasteiger partial charge in [0.05, 0.1) is 24.9 Å². The first-order valence-electron chi connectivity index (χ1n) is 12.4. The lowest BCUT2D eigenvalue weighted by molar-refractivity contribution is -0.134. The number of carbonyl (C=O) groups is 2. The predicted molar refractivity (Wildman–Crippen MR) is 138 cm³/mol. The molecule has 2 aliphatic heterocycles. The molecule has 4 rings (SSSR count). The van der Waals surface area contributed by atoms with Gasteiger partial charge < -0.3 is 9.64 Å². The SMILES string of the molecule is CCOC(=O)N1CCN(CC(=O)N2N=C(c3ccc(C)c(C)c3)CC2c2cc(C)ccc2C)CC1. The minimum absolute atomic E-state index is 0.0145. The molecule has 7 nitrogen and oxygen atoms in total. The molecule has 2 heterocycles. The number of carbonyl (C=O) groups excluding carboxylic acids is 2. The van der Waals surface area contributed by atoms with Crippen LogP contribution in [0.1, 0.15) is 52.8 Å². The number of amides is 2. The molecular weight excluding hydrogens is 440 g/mol. The standard InChI is InChI=1S/C28H36N4O3/c1-6-35-28(34)31-13-11-30(12-14-31)18-27(33)32-26(24-15-19(2)7-8-21(24)4)17-25(29-32)23-10-9-20(3)22(5)16-23/h7-10,15-16,26H,6,11-14,17-18H2,1-5H3. The molecule has 1 unspecified atom stereocenters. The van der Waals surface area contributed by atoms with Gasteiger partial charge in [-0.1, -0.05) is 35.9 Å². The molecule has 1 atom stereocenters. The van der Waals surface area contributed by atoms with Gasteiger partial charge >= 0.3 is 6.09 Å². The van der Waals surface area contributed by atoms with E-state index in [-0.39, 0.29) is 24.6 Å². The van der Waals surface area contributed by atoms with E-state index in [9.17, 15) is 9.59 Å². The number of benzene rings is 2. The van der Waals surface area contributed by atoms with Crippen molar-refractivity contribution in [1.29, 1.82) is 0 Å². The van der Waals surface area contributed by atoms with E-state index in [1.807, 2.05) is 6.92 Å². The molecule has 2 aromatic carbocycles. The maximum atomic E-state index is 13.6. The van der Waals surface area contributed by atoms with Gasteiger partial charge in [0.1, 0.15) is 0 Å². The molecule has 0 bridgehead atoms. The normalized spacial score (nSPS) is 18.5. The lowest BCUT2D eigenvalue weighted by Crippen LogP contribution is -2.51. The van der Waals surface area contributed by atoms with Gasteiger partial charge in [0.15, 0.2) is 0 Å². The first kappa shape index (κ1) is 24.9. The smallest absolute Gasteiger partial charge is 0.409 e. The molecule has 2 aromatic rings. The number of hydrogen-bond acceptors (Lipinski definition) is 5. The van der Waals surface area contributed by atoms with Crippen molar-refractivity contribution in [2.75, 3.05) is 39.3 Å². The van der Waals surface area contributed by atoms with Crippen molar-refractivity contribution in [3.63, 3.8) is 0 Å². The van der Waals surface area contributed by atoms with Gasteiger partial charge in [-0.2, -0.15) is 5.10 Å². The van der Waals surface area contributed by atoms with Crippen LogP contribution >= 0.6 is 0 Å². The number of nitrogens with zero attached hydrogens (tertiary/aromatic N) is 4. The Bertz CT molecular complexity index is 1140. The molecular formula is C28H36N4O3. The Morgan fingerprint density at radius 2 is 1.66 bits per heavy atom. The number of aryl methyl sites for hydroxylation is 4. The zero-order valence-corrected chi connectivity index (χ0v) is 21.5. The van der Waals surface area contributed by atoms with Crippen molar-refractivity contribution in [2.24, 2.45) is 5.10 Å². The highest BCUT2D eigenvalue weighted by Crippen LogP contribution is 2.35. The maximum absolute atomic E-state index is 13.6. The zero-order chi connectivity index (χ0) is 25.1. The molecule has 0 radical (unpaired) electrons. The highest BCUT2D eigenvalue weighted by atomic mass is 16.6. The number of hydrazone groups is 1. The Labute approximate surface area is 208 Å². The Morgan fingerprint density at radius 1 is 0.943 bits per heavy atom. The van der Waals surface area contributed by atoms with Crippen LogP contribution in [0.3, 0.4) is 0 Å². The molecule has 35 heavy (non-hydrogen) atoms. The minimum Gasteiger partial charge on any atom is -0.450 e. The van der Waals surface area contributed by atoms with Crippen LogP contribution in [-0.2, 0) is 9.53 Å². The average molecular weight is 477 g/mol. The number of rotatable bonds is 5. The summed E-state index contributed by atoms with van der Waals surface area (Å²) >= 11 is 0. The van der Waals surface area contributed by atoms with Crippen molar-refractivity contribution in [2.45, 2.75) is 47.1 Å². The van der Waals surface area contributed by atoms with E-state index < -0.39 is 0 Å². The third kappa shape index (κ3) is 5.56. The Balaban J connectivity index is 1.54. The van der Waals surface area contributed by atoms with E-state index in [2.05, 4.69) is 69.0 Å². The summed E-state index contributed by atoms with van der Waals surface area (Å²) in [5.74, 6) is -0.0145. The summed E-state index contributed by atoms with van der Waals surface area (Å²) in [5.41, 5.74) is 7.96. The summed E-state index contributed by atoms with van der Waals surface area (Å²) in [6.45, 7) is 13.2. The summed E-state index contributed by atoms with van der Waals surface area (Å²) in [6, 6.07) is 12.7. The monoisotopic (exact) mass is 476 g/mol. The zero-order valence-electron chi connectivity index (χ0n) is 21.5. The van der Waals surface area contributed by atoms with E-state index in [1.54, 1.807) is 9.91 Å². The van der Waals surface area contributed by atoms with Crippen LogP contribution in [0.4, 0.5) is 4.79 Å². The van der Waals surface area contributed by atoms with Gasteiger partial charge in [0, 0.05) is 32.6 Å². The topological polar surface area (TPSA) is 65.5 Å². The molecule has 0 spiro atoms. The Morgan fingerprint density at radius 3 is 2.34 bits per heavy atom.